The molecule has 0 bridgehead atoms. The number of carboxylic acids is 1. The molecule has 1 aromatic rings. The Hall–Kier alpha value is -2.04. The molecule has 1 aromatic carbocycles. The van der Waals surface area contributed by atoms with Crippen molar-refractivity contribution >= 4 is 12.1 Å². The zero-order valence-electron chi connectivity index (χ0n) is 15.1. The number of carbonyl (C=O) groups is 2. The molecular weight excluding hydrogens is 318 g/mol. The van der Waals surface area contributed by atoms with Crippen molar-refractivity contribution in [3.63, 3.8) is 0 Å². The summed E-state index contributed by atoms with van der Waals surface area (Å²) in [5, 5.41) is 12.0. The molecule has 5 nitrogen and oxygen atoms in total. The molecule has 5 heteroatoms. The van der Waals surface area contributed by atoms with Crippen LogP contribution in [0.15, 0.2) is 30.3 Å². The van der Waals surface area contributed by atoms with Gasteiger partial charge in [-0.05, 0) is 23.8 Å². The molecule has 1 aliphatic rings. The molecule has 0 heterocycles. The van der Waals surface area contributed by atoms with Gasteiger partial charge in [0.15, 0.2) is 0 Å². The van der Waals surface area contributed by atoms with Gasteiger partial charge in [-0.2, -0.15) is 0 Å². The Labute approximate surface area is 149 Å². The van der Waals surface area contributed by atoms with Gasteiger partial charge in [-0.3, -0.25) is 0 Å². The van der Waals surface area contributed by atoms with E-state index >= 15 is 0 Å². The molecule has 0 aromatic heterocycles. The fraction of sp³-hybridized carbons (Fsp3) is 0.600. The summed E-state index contributed by atoms with van der Waals surface area (Å²) in [7, 11) is 0. The second-order valence-electron chi connectivity index (χ2n) is 7.26. The molecule has 0 saturated heterocycles. The maximum Gasteiger partial charge on any atom is 0.408 e. The van der Waals surface area contributed by atoms with Gasteiger partial charge in [0.05, 0.1) is 0 Å². The lowest BCUT2D eigenvalue weighted by molar-refractivity contribution is -0.140. The Morgan fingerprint density at radius 2 is 1.80 bits per heavy atom. The van der Waals surface area contributed by atoms with E-state index < -0.39 is 24.2 Å². The van der Waals surface area contributed by atoms with Crippen LogP contribution in [0.1, 0.15) is 64.0 Å². The molecule has 0 radical (unpaired) electrons. The van der Waals surface area contributed by atoms with E-state index in [4.69, 9.17) is 4.74 Å². The minimum atomic E-state index is -0.997. The first-order valence-electron chi connectivity index (χ1n) is 9.22. The lowest BCUT2D eigenvalue weighted by Gasteiger charge is -2.26. The molecule has 1 amide bonds. The van der Waals surface area contributed by atoms with Crippen molar-refractivity contribution < 1.29 is 19.4 Å². The number of benzene rings is 1. The highest BCUT2D eigenvalue weighted by molar-refractivity contribution is 5.80. The number of carbonyl (C=O) groups excluding carboxylic acids is 1. The number of carboxylic acid groups (broad SMARTS) is 1. The van der Waals surface area contributed by atoms with Gasteiger partial charge in [0.1, 0.15) is 12.1 Å². The maximum atomic E-state index is 12.3. The van der Waals surface area contributed by atoms with Crippen LogP contribution in [0.4, 0.5) is 4.79 Å². The van der Waals surface area contributed by atoms with E-state index in [-0.39, 0.29) is 5.92 Å². The molecule has 1 fully saturated rings. The molecule has 25 heavy (non-hydrogen) atoms. The van der Waals surface area contributed by atoms with Crippen LogP contribution in [0.5, 0.6) is 0 Å². The van der Waals surface area contributed by atoms with Crippen LogP contribution in [0.3, 0.4) is 0 Å². The Kier molecular flexibility index (Phi) is 7.29. The number of aliphatic carboxylic acids is 1. The smallest absolute Gasteiger partial charge is 0.408 e. The summed E-state index contributed by atoms with van der Waals surface area (Å²) < 4.78 is 5.55. The van der Waals surface area contributed by atoms with Crippen LogP contribution >= 0.6 is 0 Å². The summed E-state index contributed by atoms with van der Waals surface area (Å²) in [6.07, 6.45) is 5.00. The first-order chi connectivity index (χ1) is 12.0. The summed E-state index contributed by atoms with van der Waals surface area (Å²) in [6, 6.07) is 8.64. The largest absolute Gasteiger partial charge is 0.480 e. The van der Waals surface area contributed by atoms with Gasteiger partial charge in [-0.1, -0.05) is 76.3 Å². The Morgan fingerprint density at radius 3 is 2.36 bits per heavy atom. The van der Waals surface area contributed by atoms with Gasteiger partial charge >= 0.3 is 12.1 Å². The number of nitrogens with one attached hydrogen (secondary N) is 1. The number of rotatable bonds is 7. The van der Waals surface area contributed by atoms with Crippen molar-refractivity contribution in [3.05, 3.63) is 35.9 Å². The SMILES string of the molecule is CC(C)C(OC(=O)NC(CC1CCCCC1)C(=O)O)c1ccccc1. The molecule has 2 unspecified atom stereocenters. The molecule has 2 N–H and O–H groups in total. The number of alkyl carbamates (subject to hydrolysis) is 1. The Morgan fingerprint density at radius 1 is 1.16 bits per heavy atom. The molecule has 2 rings (SSSR count). The summed E-state index contributed by atoms with van der Waals surface area (Å²) in [4.78, 5) is 23.8. The average molecular weight is 347 g/mol. The van der Waals surface area contributed by atoms with Gasteiger partial charge in [0.25, 0.3) is 0 Å². The van der Waals surface area contributed by atoms with E-state index in [0.717, 1.165) is 31.2 Å². The maximum absolute atomic E-state index is 12.3. The standard InChI is InChI=1S/C20H29NO4/c1-14(2)18(16-11-7-4-8-12-16)25-20(24)21-17(19(22)23)13-15-9-5-3-6-10-15/h4,7-8,11-12,14-15,17-18H,3,5-6,9-10,13H2,1-2H3,(H,21,24)(H,22,23). The van der Waals surface area contributed by atoms with Crippen LogP contribution in [0.2, 0.25) is 0 Å². The first-order valence-corrected chi connectivity index (χ1v) is 9.22. The van der Waals surface area contributed by atoms with E-state index in [0.29, 0.717) is 12.3 Å². The van der Waals surface area contributed by atoms with Crippen molar-refractivity contribution in [1.29, 1.82) is 0 Å². The quantitative estimate of drug-likeness (QED) is 0.759. The summed E-state index contributed by atoms with van der Waals surface area (Å²) >= 11 is 0. The fourth-order valence-electron chi connectivity index (χ4n) is 3.50. The lowest BCUT2D eigenvalue weighted by Crippen LogP contribution is -2.43. The monoisotopic (exact) mass is 347 g/mol. The minimum absolute atomic E-state index is 0.0924. The third-order valence-electron chi connectivity index (χ3n) is 4.85. The van der Waals surface area contributed by atoms with Gasteiger partial charge < -0.3 is 15.2 Å². The predicted molar refractivity (Wildman–Crippen MR) is 96.3 cm³/mol. The third-order valence-corrected chi connectivity index (χ3v) is 4.85. The highest BCUT2D eigenvalue weighted by Crippen LogP contribution is 2.28. The van der Waals surface area contributed by atoms with E-state index in [1.165, 1.54) is 6.42 Å². The second-order valence-corrected chi connectivity index (χ2v) is 7.26. The van der Waals surface area contributed by atoms with Crippen molar-refractivity contribution in [2.45, 2.75) is 64.5 Å². The number of hydrogen-bond donors (Lipinski definition) is 2. The topological polar surface area (TPSA) is 75.6 Å². The van der Waals surface area contributed by atoms with E-state index in [9.17, 15) is 14.7 Å². The van der Waals surface area contributed by atoms with Gasteiger partial charge in [0.2, 0.25) is 0 Å². The molecule has 0 spiro atoms. The van der Waals surface area contributed by atoms with E-state index in [1.54, 1.807) is 0 Å². The summed E-state index contributed by atoms with van der Waals surface area (Å²) in [5.74, 6) is -0.539. The molecule has 1 aliphatic carbocycles. The van der Waals surface area contributed by atoms with Crippen LogP contribution < -0.4 is 5.32 Å². The van der Waals surface area contributed by atoms with E-state index in [2.05, 4.69) is 5.32 Å². The van der Waals surface area contributed by atoms with Crippen LogP contribution in [0, 0.1) is 11.8 Å². The second kappa shape index (κ2) is 9.44. The summed E-state index contributed by atoms with van der Waals surface area (Å²) in [6.45, 7) is 3.95. The highest BCUT2D eigenvalue weighted by Gasteiger charge is 2.28. The zero-order chi connectivity index (χ0) is 18.2. The number of hydrogen-bond acceptors (Lipinski definition) is 3. The van der Waals surface area contributed by atoms with Crippen molar-refractivity contribution in [2.75, 3.05) is 0 Å². The fourth-order valence-corrected chi connectivity index (χ4v) is 3.50. The molecule has 1 saturated carbocycles. The molecular formula is C20H29NO4. The molecule has 2 atom stereocenters. The van der Waals surface area contributed by atoms with Gasteiger partial charge in [-0.15, -0.1) is 0 Å². The van der Waals surface area contributed by atoms with Gasteiger partial charge in [0, 0.05) is 0 Å². The van der Waals surface area contributed by atoms with Gasteiger partial charge in [-0.25, -0.2) is 9.59 Å². The Balaban J connectivity index is 1.95. The third kappa shape index (κ3) is 6.07. The average Bonchev–Trinajstić information content (AvgIpc) is 2.60. The number of ether oxygens (including phenoxy) is 1. The highest BCUT2D eigenvalue weighted by atomic mass is 16.6. The van der Waals surface area contributed by atoms with Crippen LogP contribution in [-0.4, -0.2) is 23.2 Å². The first kappa shape index (κ1) is 19.3. The van der Waals surface area contributed by atoms with Crippen LogP contribution in [-0.2, 0) is 9.53 Å². The predicted octanol–water partition coefficient (Wildman–Crippen LogP) is 4.53. The van der Waals surface area contributed by atoms with Crippen molar-refractivity contribution in [2.24, 2.45) is 11.8 Å². The molecule has 138 valence electrons. The molecule has 0 aliphatic heterocycles. The Bertz CT molecular complexity index is 552. The van der Waals surface area contributed by atoms with Crippen molar-refractivity contribution in [1.82, 2.24) is 5.32 Å². The number of amides is 1. The van der Waals surface area contributed by atoms with E-state index in [1.807, 2.05) is 44.2 Å². The summed E-state index contributed by atoms with van der Waals surface area (Å²) in [5.41, 5.74) is 0.909. The van der Waals surface area contributed by atoms with Crippen molar-refractivity contribution in [3.8, 4) is 0 Å². The van der Waals surface area contributed by atoms with Crippen LogP contribution in [0.25, 0.3) is 0 Å². The lowest BCUT2D eigenvalue weighted by atomic mass is 9.85. The normalized spacial score (nSPS) is 17.7. The zero-order valence-corrected chi connectivity index (χ0v) is 15.1. The minimum Gasteiger partial charge on any atom is -0.480 e.